The standard InChI is InChI=1S/C21H13Br2N3O3/c22-13-6-8-15(9-7-13)25-10-2-5-16(25)12-18-19(27)24-21(29)26(20(18)28)17-4-1-3-14(23)11-17/h1-12H,(H,24,27,29)/b18-12+. The molecule has 1 fully saturated rings. The number of amides is 4. The molecule has 29 heavy (non-hydrogen) atoms. The van der Waals surface area contributed by atoms with E-state index in [1.54, 1.807) is 30.3 Å². The van der Waals surface area contributed by atoms with Crippen LogP contribution in [0.2, 0.25) is 0 Å². The maximum atomic E-state index is 13.0. The summed E-state index contributed by atoms with van der Waals surface area (Å²) in [4.78, 5) is 38.7. The molecule has 0 radical (unpaired) electrons. The van der Waals surface area contributed by atoms with Crippen molar-refractivity contribution in [2.75, 3.05) is 4.90 Å². The molecule has 0 bridgehead atoms. The Morgan fingerprint density at radius 1 is 0.828 bits per heavy atom. The number of nitrogens with zero attached hydrogens (tertiary/aromatic N) is 2. The average Bonchev–Trinajstić information content (AvgIpc) is 3.14. The van der Waals surface area contributed by atoms with Crippen molar-refractivity contribution in [3.05, 3.63) is 87.1 Å². The third-order valence-corrected chi connectivity index (χ3v) is 5.37. The van der Waals surface area contributed by atoms with Crippen LogP contribution in [-0.2, 0) is 9.59 Å². The SMILES string of the molecule is O=C1NC(=O)N(c2cccc(Br)c2)C(=O)/C1=C/c1cccn1-c1ccc(Br)cc1. The lowest BCUT2D eigenvalue weighted by Crippen LogP contribution is -2.54. The van der Waals surface area contributed by atoms with Gasteiger partial charge in [-0.1, -0.05) is 37.9 Å². The van der Waals surface area contributed by atoms with Gasteiger partial charge in [0.05, 0.1) is 5.69 Å². The number of rotatable bonds is 3. The number of hydrogen-bond acceptors (Lipinski definition) is 3. The second-order valence-corrected chi connectivity index (χ2v) is 8.05. The van der Waals surface area contributed by atoms with Crippen molar-refractivity contribution < 1.29 is 14.4 Å². The van der Waals surface area contributed by atoms with Gasteiger partial charge in [-0.25, -0.2) is 9.69 Å². The van der Waals surface area contributed by atoms with Crippen molar-refractivity contribution in [1.29, 1.82) is 0 Å². The van der Waals surface area contributed by atoms with Crippen LogP contribution in [0.1, 0.15) is 5.69 Å². The molecule has 0 unspecified atom stereocenters. The Balaban J connectivity index is 1.75. The molecule has 1 aliphatic heterocycles. The van der Waals surface area contributed by atoms with Gasteiger partial charge in [-0.2, -0.15) is 0 Å². The first-order valence-corrected chi connectivity index (χ1v) is 10.1. The third kappa shape index (κ3) is 3.81. The van der Waals surface area contributed by atoms with Gasteiger partial charge >= 0.3 is 6.03 Å². The Kier molecular flexibility index (Phi) is 5.21. The van der Waals surface area contributed by atoms with Crippen LogP contribution < -0.4 is 10.2 Å². The van der Waals surface area contributed by atoms with E-state index in [0.717, 1.165) is 15.1 Å². The first kappa shape index (κ1) is 19.4. The van der Waals surface area contributed by atoms with E-state index in [9.17, 15) is 14.4 Å². The van der Waals surface area contributed by atoms with Gasteiger partial charge in [0.1, 0.15) is 5.57 Å². The van der Waals surface area contributed by atoms with Crippen molar-refractivity contribution in [3.63, 3.8) is 0 Å². The molecule has 4 rings (SSSR count). The molecule has 1 aliphatic rings. The van der Waals surface area contributed by atoms with Crippen molar-refractivity contribution >= 4 is 61.5 Å². The van der Waals surface area contributed by atoms with Gasteiger partial charge in [0.2, 0.25) is 0 Å². The van der Waals surface area contributed by atoms with Crippen LogP contribution >= 0.6 is 31.9 Å². The molecule has 0 spiro atoms. The molecule has 0 saturated carbocycles. The summed E-state index contributed by atoms with van der Waals surface area (Å²) in [5, 5.41) is 2.24. The average molecular weight is 515 g/mol. The topological polar surface area (TPSA) is 71.4 Å². The zero-order valence-corrected chi connectivity index (χ0v) is 18.0. The molecule has 6 nitrogen and oxygen atoms in total. The van der Waals surface area contributed by atoms with Crippen LogP contribution in [0, 0.1) is 0 Å². The third-order valence-electron chi connectivity index (χ3n) is 4.35. The van der Waals surface area contributed by atoms with E-state index >= 15 is 0 Å². The number of benzene rings is 2. The van der Waals surface area contributed by atoms with E-state index in [2.05, 4.69) is 37.2 Å². The summed E-state index contributed by atoms with van der Waals surface area (Å²) in [5.41, 5.74) is 1.74. The Morgan fingerprint density at radius 3 is 2.31 bits per heavy atom. The summed E-state index contributed by atoms with van der Waals surface area (Å²) in [5.74, 6) is -1.41. The minimum atomic E-state index is -0.779. The molecule has 0 atom stereocenters. The number of aromatic nitrogens is 1. The van der Waals surface area contributed by atoms with E-state index in [0.29, 0.717) is 15.9 Å². The lowest BCUT2D eigenvalue weighted by atomic mass is 10.1. The summed E-state index contributed by atoms with van der Waals surface area (Å²) in [7, 11) is 0. The van der Waals surface area contributed by atoms with Gasteiger partial charge < -0.3 is 4.57 Å². The van der Waals surface area contributed by atoms with Gasteiger partial charge in [-0.3, -0.25) is 14.9 Å². The lowest BCUT2D eigenvalue weighted by Gasteiger charge is -2.26. The molecule has 2 heterocycles. The summed E-state index contributed by atoms with van der Waals surface area (Å²) < 4.78 is 3.50. The number of hydrogen-bond donors (Lipinski definition) is 1. The normalized spacial score (nSPS) is 15.7. The molecule has 1 aromatic heterocycles. The molecule has 3 aromatic rings. The van der Waals surface area contributed by atoms with Crippen LogP contribution in [-0.4, -0.2) is 22.4 Å². The fraction of sp³-hybridized carbons (Fsp3) is 0. The number of anilines is 1. The first-order valence-electron chi connectivity index (χ1n) is 8.54. The summed E-state index contributed by atoms with van der Waals surface area (Å²) in [6.45, 7) is 0. The number of urea groups is 1. The number of barbiturate groups is 1. The molecular formula is C21H13Br2N3O3. The molecule has 144 valence electrons. The Bertz CT molecular complexity index is 1170. The number of halogens is 2. The van der Waals surface area contributed by atoms with Crippen LogP contribution in [0.15, 0.2) is 81.4 Å². The van der Waals surface area contributed by atoms with Crippen LogP contribution in [0.4, 0.5) is 10.5 Å². The molecule has 8 heteroatoms. The van der Waals surface area contributed by atoms with Crippen molar-refractivity contribution in [2.45, 2.75) is 0 Å². The van der Waals surface area contributed by atoms with Gasteiger partial charge in [-0.05, 0) is 60.7 Å². The Hall–Kier alpha value is -2.97. The van der Waals surface area contributed by atoms with Crippen molar-refractivity contribution in [2.24, 2.45) is 0 Å². The summed E-state index contributed by atoms with van der Waals surface area (Å²) >= 11 is 6.73. The minimum Gasteiger partial charge on any atom is -0.317 e. The van der Waals surface area contributed by atoms with Crippen molar-refractivity contribution in [1.82, 2.24) is 9.88 Å². The monoisotopic (exact) mass is 513 g/mol. The maximum Gasteiger partial charge on any atom is 0.335 e. The molecule has 2 aromatic carbocycles. The predicted octanol–water partition coefficient (Wildman–Crippen LogP) is 4.67. The molecule has 1 N–H and O–H groups in total. The van der Waals surface area contributed by atoms with Gasteiger partial charge in [0, 0.05) is 26.5 Å². The van der Waals surface area contributed by atoms with E-state index in [1.165, 1.54) is 6.08 Å². The number of carbonyl (C=O) groups is 3. The highest BCUT2D eigenvalue weighted by Gasteiger charge is 2.37. The Morgan fingerprint density at radius 2 is 1.59 bits per heavy atom. The minimum absolute atomic E-state index is 0.123. The molecule has 1 saturated heterocycles. The van der Waals surface area contributed by atoms with E-state index < -0.39 is 17.8 Å². The molecular weight excluding hydrogens is 502 g/mol. The summed E-state index contributed by atoms with van der Waals surface area (Å²) in [6.07, 6.45) is 3.31. The van der Waals surface area contributed by atoms with Gasteiger partial charge in [-0.15, -0.1) is 0 Å². The number of imide groups is 2. The fourth-order valence-electron chi connectivity index (χ4n) is 3.00. The second-order valence-electron chi connectivity index (χ2n) is 6.22. The highest BCUT2D eigenvalue weighted by Crippen LogP contribution is 2.25. The Labute approximate surface area is 183 Å². The van der Waals surface area contributed by atoms with Crippen LogP contribution in [0.3, 0.4) is 0 Å². The molecule has 4 amide bonds. The zero-order valence-electron chi connectivity index (χ0n) is 14.8. The quantitative estimate of drug-likeness (QED) is 0.408. The van der Waals surface area contributed by atoms with Crippen LogP contribution in [0.5, 0.6) is 0 Å². The van der Waals surface area contributed by atoms with Gasteiger partial charge in [0.25, 0.3) is 11.8 Å². The van der Waals surface area contributed by atoms with E-state index in [4.69, 9.17) is 0 Å². The van der Waals surface area contributed by atoms with Crippen LogP contribution in [0.25, 0.3) is 11.8 Å². The van der Waals surface area contributed by atoms with E-state index in [1.807, 2.05) is 41.1 Å². The largest absolute Gasteiger partial charge is 0.335 e. The lowest BCUT2D eigenvalue weighted by molar-refractivity contribution is -0.122. The number of nitrogens with one attached hydrogen (secondary N) is 1. The highest BCUT2D eigenvalue weighted by atomic mass is 79.9. The fourth-order valence-corrected chi connectivity index (χ4v) is 3.66. The van der Waals surface area contributed by atoms with E-state index in [-0.39, 0.29) is 5.57 Å². The maximum absolute atomic E-state index is 13.0. The smallest absolute Gasteiger partial charge is 0.317 e. The van der Waals surface area contributed by atoms with Crippen molar-refractivity contribution in [3.8, 4) is 5.69 Å². The molecule has 0 aliphatic carbocycles. The second kappa shape index (κ2) is 7.81. The highest BCUT2D eigenvalue weighted by molar-refractivity contribution is 9.10. The predicted molar refractivity (Wildman–Crippen MR) is 117 cm³/mol. The summed E-state index contributed by atoms with van der Waals surface area (Å²) in [6, 6.07) is 17.2. The van der Waals surface area contributed by atoms with Gasteiger partial charge in [0.15, 0.2) is 0 Å². The number of carbonyl (C=O) groups excluding carboxylic acids is 3. The first-order chi connectivity index (χ1) is 13.9. The zero-order chi connectivity index (χ0) is 20.5.